The molecule has 3 nitrogen and oxygen atoms in total. The van der Waals surface area contributed by atoms with Gasteiger partial charge in [-0.05, 0) is 24.1 Å². The zero-order valence-electron chi connectivity index (χ0n) is 9.28. The normalized spacial score (nSPS) is 12.2. The van der Waals surface area contributed by atoms with Crippen LogP contribution in [-0.2, 0) is 16.1 Å². The number of hydrogen-bond acceptors (Lipinski definition) is 3. The summed E-state index contributed by atoms with van der Waals surface area (Å²) < 4.78 is 5.15. The molecular weight excluding hydrogens is 226 g/mol. The molecule has 0 heterocycles. The highest BCUT2D eigenvalue weighted by molar-refractivity contribution is 6.30. The molecular formula is C12H16ClNO2. The second-order valence-electron chi connectivity index (χ2n) is 3.58. The molecule has 0 spiro atoms. The number of carbonyl (C=O) groups excluding carboxylic acids is 1. The highest BCUT2D eigenvalue weighted by Gasteiger charge is 2.15. The Labute approximate surface area is 101 Å². The Morgan fingerprint density at radius 1 is 1.44 bits per heavy atom. The van der Waals surface area contributed by atoms with E-state index in [9.17, 15) is 4.79 Å². The van der Waals surface area contributed by atoms with Crippen molar-refractivity contribution in [1.29, 1.82) is 0 Å². The molecule has 2 N–H and O–H groups in total. The van der Waals surface area contributed by atoms with E-state index in [2.05, 4.69) is 0 Å². The van der Waals surface area contributed by atoms with E-state index in [-0.39, 0.29) is 18.5 Å². The summed E-state index contributed by atoms with van der Waals surface area (Å²) >= 11 is 5.75. The summed E-state index contributed by atoms with van der Waals surface area (Å²) in [4.78, 5) is 11.5. The monoisotopic (exact) mass is 241 g/mol. The fourth-order valence-electron chi connectivity index (χ4n) is 1.28. The van der Waals surface area contributed by atoms with E-state index < -0.39 is 0 Å². The lowest BCUT2D eigenvalue weighted by Gasteiger charge is -2.11. The predicted molar refractivity (Wildman–Crippen MR) is 64.1 cm³/mol. The quantitative estimate of drug-likeness (QED) is 0.806. The molecule has 0 amide bonds. The van der Waals surface area contributed by atoms with Crippen molar-refractivity contribution in [3.05, 3.63) is 34.9 Å². The van der Waals surface area contributed by atoms with Gasteiger partial charge in [0.2, 0.25) is 0 Å². The van der Waals surface area contributed by atoms with Gasteiger partial charge in [-0.2, -0.15) is 0 Å². The molecule has 1 aromatic rings. The maximum Gasteiger partial charge on any atom is 0.310 e. The highest BCUT2D eigenvalue weighted by atomic mass is 35.5. The average Bonchev–Trinajstić information content (AvgIpc) is 2.30. The number of nitrogens with two attached hydrogens (primary N) is 1. The largest absolute Gasteiger partial charge is 0.461 e. The molecule has 1 rings (SSSR count). The molecule has 0 fully saturated rings. The molecule has 0 aliphatic heterocycles. The fourth-order valence-corrected chi connectivity index (χ4v) is 1.41. The lowest BCUT2D eigenvalue weighted by Crippen LogP contribution is -2.24. The van der Waals surface area contributed by atoms with Gasteiger partial charge in [0.05, 0.1) is 5.92 Å². The van der Waals surface area contributed by atoms with Crippen molar-refractivity contribution in [1.82, 2.24) is 0 Å². The first kappa shape index (κ1) is 13.0. The number of ether oxygens (including phenoxy) is 1. The molecule has 0 saturated carbocycles. The fraction of sp³-hybridized carbons (Fsp3) is 0.417. The molecule has 1 unspecified atom stereocenters. The van der Waals surface area contributed by atoms with Crippen molar-refractivity contribution in [3.8, 4) is 0 Å². The van der Waals surface area contributed by atoms with Gasteiger partial charge in [0.1, 0.15) is 6.61 Å². The van der Waals surface area contributed by atoms with Gasteiger partial charge in [0.15, 0.2) is 0 Å². The van der Waals surface area contributed by atoms with E-state index in [4.69, 9.17) is 22.1 Å². The van der Waals surface area contributed by atoms with Gasteiger partial charge in [-0.1, -0.05) is 30.7 Å². The number of carbonyl (C=O) groups is 1. The Kier molecular flexibility index (Phi) is 5.29. The van der Waals surface area contributed by atoms with Gasteiger partial charge in [-0.25, -0.2) is 0 Å². The van der Waals surface area contributed by atoms with Crippen LogP contribution < -0.4 is 5.73 Å². The first-order valence-electron chi connectivity index (χ1n) is 5.28. The van der Waals surface area contributed by atoms with Crippen LogP contribution in [0.15, 0.2) is 24.3 Å². The van der Waals surface area contributed by atoms with Crippen LogP contribution in [0.1, 0.15) is 18.9 Å². The average molecular weight is 242 g/mol. The minimum absolute atomic E-state index is 0.202. The summed E-state index contributed by atoms with van der Waals surface area (Å²) in [5, 5.41) is 0.670. The number of benzene rings is 1. The van der Waals surface area contributed by atoms with Crippen LogP contribution in [0.25, 0.3) is 0 Å². The Morgan fingerprint density at radius 2 is 2.06 bits per heavy atom. The van der Waals surface area contributed by atoms with Gasteiger partial charge < -0.3 is 10.5 Å². The summed E-state index contributed by atoms with van der Waals surface area (Å²) in [7, 11) is 0. The molecule has 88 valence electrons. The maximum absolute atomic E-state index is 11.5. The topological polar surface area (TPSA) is 52.3 Å². The molecule has 0 aromatic heterocycles. The van der Waals surface area contributed by atoms with Crippen LogP contribution in [0.5, 0.6) is 0 Å². The minimum atomic E-state index is -0.236. The summed E-state index contributed by atoms with van der Waals surface area (Å²) in [6, 6.07) is 7.20. The summed E-state index contributed by atoms with van der Waals surface area (Å²) in [6.45, 7) is 2.52. The maximum atomic E-state index is 11.5. The summed E-state index contributed by atoms with van der Waals surface area (Å²) in [6.07, 6.45) is 0.704. The van der Waals surface area contributed by atoms with Gasteiger partial charge in [-0.15, -0.1) is 0 Å². The third-order valence-electron chi connectivity index (χ3n) is 2.41. The van der Waals surface area contributed by atoms with E-state index >= 15 is 0 Å². The lowest BCUT2D eigenvalue weighted by molar-refractivity contribution is -0.149. The van der Waals surface area contributed by atoms with Crippen LogP contribution in [0.3, 0.4) is 0 Å². The molecule has 0 bridgehead atoms. The van der Waals surface area contributed by atoms with Crippen LogP contribution >= 0.6 is 11.6 Å². The molecule has 1 aromatic carbocycles. The smallest absolute Gasteiger partial charge is 0.310 e. The van der Waals surface area contributed by atoms with Crippen LogP contribution in [0.2, 0.25) is 5.02 Å². The van der Waals surface area contributed by atoms with Crippen molar-refractivity contribution in [3.63, 3.8) is 0 Å². The van der Waals surface area contributed by atoms with Crippen molar-refractivity contribution in [2.45, 2.75) is 20.0 Å². The molecule has 0 saturated heterocycles. The zero-order valence-corrected chi connectivity index (χ0v) is 10.0. The standard InChI is InChI=1S/C12H16ClNO2/c1-2-10(7-14)12(15)16-8-9-3-5-11(13)6-4-9/h3-6,10H,2,7-8,14H2,1H3. The second-order valence-corrected chi connectivity index (χ2v) is 4.01. The Balaban J connectivity index is 2.45. The van der Waals surface area contributed by atoms with E-state index in [0.717, 1.165) is 5.56 Å². The second kappa shape index (κ2) is 6.51. The predicted octanol–water partition coefficient (Wildman–Crippen LogP) is 2.37. The molecule has 0 aliphatic rings. The molecule has 0 aliphatic carbocycles. The van der Waals surface area contributed by atoms with Gasteiger partial charge in [0, 0.05) is 11.6 Å². The van der Waals surface area contributed by atoms with Crippen molar-refractivity contribution < 1.29 is 9.53 Å². The SMILES string of the molecule is CCC(CN)C(=O)OCc1ccc(Cl)cc1. The summed E-state index contributed by atoms with van der Waals surface area (Å²) in [5.74, 6) is -0.438. The van der Waals surface area contributed by atoms with E-state index in [1.807, 2.05) is 19.1 Å². The number of hydrogen-bond donors (Lipinski definition) is 1. The Bertz CT molecular complexity index is 333. The molecule has 4 heteroatoms. The van der Waals surface area contributed by atoms with Crippen molar-refractivity contribution in [2.75, 3.05) is 6.54 Å². The first-order valence-corrected chi connectivity index (χ1v) is 5.66. The Hall–Kier alpha value is -1.06. The highest BCUT2D eigenvalue weighted by Crippen LogP contribution is 2.11. The summed E-state index contributed by atoms with van der Waals surface area (Å²) in [5.41, 5.74) is 6.38. The third kappa shape index (κ3) is 3.83. The van der Waals surface area contributed by atoms with Gasteiger partial charge >= 0.3 is 5.97 Å². The van der Waals surface area contributed by atoms with Crippen LogP contribution in [0.4, 0.5) is 0 Å². The van der Waals surface area contributed by atoms with Crippen molar-refractivity contribution in [2.24, 2.45) is 11.7 Å². The van der Waals surface area contributed by atoms with E-state index in [1.54, 1.807) is 12.1 Å². The number of halogens is 1. The van der Waals surface area contributed by atoms with E-state index in [1.165, 1.54) is 0 Å². The van der Waals surface area contributed by atoms with Crippen LogP contribution in [-0.4, -0.2) is 12.5 Å². The molecule has 0 radical (unpaired) electrons. The van der Waals surface area contributed by atoms with Crippen LogP contribution in [0, 0.1) is 5.92 Å². The first-order chi connectivity index (χ1) is 7.67. The number of esters is 1. The van der Waals surface area contributed by atoms with Gasteiger partial charge in [-0.3, -0.25) is 4.79 Å². The Morgan fingerprint density at radius 3 is 2.56 bits per heavy atom. The van der Waals surface area contributed by atoms with Crippen molar-refractivity contribution >= 4 is 17.6 Å². The zero-order chi connectivity index (χ0) is 12.0. The lowest BCUT2D eigenvalue weighted by atomic mass is 10.1. The minimum Gasteiger partial charge on any atom is -0.461 e. The number of rotatable bonds is 5. The van der Waals surface area contributed by atoms with E-state index in [0.29, 0.717) is 18.0 Å². The van der Waals surface area contributed by atoms with Gasteiger partial charge in [0.25, 0.3) is 0 Å². The third-order valence-corrected chi connectivity index (χ3v) is 2.66. The molecule has 1 atom stereocenters. The molecule has 16 heavy (non-hydrogen) atoms.